The van der Waals surface area contributed by atoms with E-state index in [1.165, 1.54) is 25.5 Å². The number of hydrazone groups is 1. The van der Waals surface area contributed by atoms with E-state index >= 15 is 0 Å². The Morgan fingerprint density at radius 1 is 1.02 bits per heavy atom. The second-order valence-electron chi connectivity index (χ2n) is 9.27. The first-order valence-corrected chi connectivity index (χ1v) is 13.3. The number of esters is 1. The minimum Gasteiger partial charge on any atom is -0.493 e. The molecule has 3 N–H and O–H groups in total. The fraction of sp³-hybridized carbons (Fsp3) is 0.226. The van der Waals surface area contributed by atoms with Crippen molar-refractivity contribution in [1.82, 2.24) is 16.1 Å². The maximum Gasteiger partial charge on any atom is 0.338 e. The van der Waals surface area contributed by atoms with Crippen LogP contribution in [0, 0.1) is 5.82 Å². The number of urea groups is 1. The zero-order valence-corrected chi connectivity index (χ0v) is 23.8. The third kappa shape index (κ3) is 8.32. The Kier molecular flexibility index (Phi) is 10.3. The van der Waals surface area contributed by atoms with E-state index in [0.29, 0.717) is 29.4 Å². The van der Waals surface area contributed by atoms with Crippen molar-refractivity contribution >= 4 is 24.1 Å². The van der Waals surface area contributed by atoms with Crippen molar-refractivity contribution in [3.05, 3.63) is 101 Å². The second kappa shape index (κ2) is 14.5. The third-order valence-corrected chi connectivity index (χ3v) is 6.25. The summed E-state index contributed by atoms with van der Waals surface area (Å²) in [6.45, 7) is 3.45. The summed E-state index contributed by atoms with van der Waals surface area (Å²) in [4.78, 5) is 37.0. The number of amides is 3. The molecule has 3 aromatic rings. The molecule has 0 fully saturated rings. The van der Waals surface area contributed by atoms with Crippen LogP contribution in [0.15, 0.2) is 83.1 Å². The lowest BCUT2D eigenvalue weighted by molar-refractivity contribution is -0.139. The average molecular weight is 591 g/mol. The summed E-state index contributed by atoms with van der Waals surface area (Å²) < 4.78 is 34.9. The van der Waals surface area contributed by atoms with E-state index in [1.54, 1.807) is 68.4 Å². The molecular formula is C31H31FN4O7. The zero-order valence-electron chi connectivity index (χ0n) is 23.8. The predicted octanol–water partition coefficient (Wildman–Crippen LogP) is 4.13. The van der Waals surface area contributed by atoms with Gasteiger partial charge in [-0.3, -0.25) is 4.79 Å². The smallest absolute Gasteiger partial charge is 0.338 e. The van der Waals surface area contributed by atoms with Crippen LogP contribution in [-0.4, -0.2) is 44.4 Å². The zero-order chi connectivity index (χ0) is 30.8. The van der Waals surface area contributed by atoms with Gasteiger partial charge in [-0.1, -0.05) is 18.2 Å². The summed E-state index contributed by atoms with van der Waals surface area (Å²) in [6, 6.07) is 16.7. The summed E-state index contributed by atoms with van der Waals surface area (Å²) in [5.74, 6) is -0.158. The molecule has 12 heteroatoms. The molecule has 0 aliphatic carbocycles. The van der Waals surface area contributed by atoms with Crippen LogP contribution in [0.25, 0.3) is 0 Å². The fourth-order valence-electron chi connectivity index (χ4n) is 4.16. The summed E-state index contributed by atoms with van der Waals surface area (Å²) in [7, 11) is 1.43. The summed E-state index contributed by atoms with van der Waals surface area (Å²) in [5, 5.41) is 9.26. The number of halogens is 1. The molecule has 1 aliphatic heterocycles. The Labute approximate surface area is 247 Å². The van der Waals surface area contributed by atoms with E-state index in [0.717, 1.165) is 11.1 Å². The van der Waals surface area contributed by atoms with Gasteiger partial charge < -0.3 is 29.6 Å². The maximum atomic E-state index is 13.0. The van der Waals surface area contributed by atoms with Gasteiger partial charge in [0.05, 0.1) is 31.5 Å². The number of benzene rings is 3. The predicted molar refractivity (Wildman–Crippen MR) is 155 cm³/mol. The molecule has 1 atom stereocenters. The van der Waals surface area contributed by atoms with Crippen molar-refractivity contribution in [2.75, 3.05) is 20.3 Å². The highest BCUT2D eigenvalue weighted by atomic mass is 19.1. The van der Waals surface area contributed by atoms with Crippen LogP contribution in [0.4, 0.5) is 9.18 Å². The first kappa shape index (κ1) is 30.6. The van der Waals surface area contributed by atoms with Crippen LogP contribution < -0.4 is 30.3 Å². The summed E-state index contributed by atoms with van der Waals surface area (Å²) in [5.41, 5.74) is 5.18. The number of hydrogen-bond acceptors (Lipinski definition) is 8. The Balaban J connectivity index is 1.31. The van der Waals surface area contributed by atoms with Crippen LogP contribution >= 0.6 is 0 Å². The van der Waals surface area contributed by atoms with E-state index in [-0.39, 0.29) is 30.4 Å². The molecule has 0 saturated heterocycles. The molecule has 1 heterocycles. The quantitative estimate of drug-likeness (QED) is 0.164. The van der Waals surface area contributed by atoms with Crippen molar-refractivity contribution in [3.63, 3.8) is 0 Å². The fourth-order valence-corrected chi connectivity index (χ4v) is 4.16. The molecule has 0 saturated carbocycles. The number of hydrogen-bond donors (Lipinski definition) is 3. The lowest BCUT2D eigenvalue weighted by atomic mass is 9.95. The summed E-state index contributed by atoms with van der Waals surface area (Å²) >= 11 is 0. The van der Waals surface area contributed by atoms with Crippen LogP contribution in [0.2, 0.25) is 0 Å². The molecule has 0 bridgehead atoms. The number of allylic oxidation sites excluding steroid dienone is 1. The van der Waals surface area contributed by atoms with Gasteiger partial charge >= 0.3 is 12.0 Å². The van der Waals surface area contributed by atoms with Gasteiger partial charge in [0, 0.05) is 5.70 Å². The summed E-state index contributed by atoms with van der Waals surface area (Å²) in [6.07, 6.45) is 1.47. The normalized spacial score (nSPS) is 14.5. The molecule has 224 valence electrons. The van der Waals surface area contributed by atoms with Gasteiger partial charge in [0.1, 0.15) is 18.2 Å². The van der Waals surface area contributed by atoms with Crippen LogP contribution in [0.5, 0.6) is 17.2 Å². The highest BCUT2D eigenvalue weighted by molar-refractivity contribution is 5.95. The van der Waals surface area contributed by atoms with Crippen LogP contribution in [0.1, 0.15) is 36.6 Å². The third-order valence-electron chi connectivity index (χ3n) is 6.25. The minimum absolute atomic E-state index is 0.180. The van der Waals surface area contributed by atoms with E-state index in [4.69, 9.17) is 18.9 Å². The van der Waals surface area contributed by atoms with E-state index in [2.05, 4.69) is 21.2 Å². The Morgan fingerprint density at radius 3 is 2.47 bits per heavy atom. The molecule has 1 aliphatic rings. The molecular weight excluding hydrogens is 559 g/mol. The topological polar surface area (TPSA) is 137 Å². The van der Waals surface area contributed by atoms with Gasteiger partial charge in [0.2, 0.25) is 0 Å². The molecule has 0 unspecified atom stereocenters. The lowest BCUT2D eigenvalue weighted by Crippen LogP contribution is -2.45. The number of carbonyl (C=O) groups excluding carboxylic acids is 3. The highest BCUT2D eigenvalue weighted by Crippen LogP contribution is 2.34. The molecule has 0 spiro atoms. The second-order valence-corrected chi connectivity index (χ2v) is 9.27. The van der Waals surface area contributed by atoms with Gasteiger partial charge in [-0.2, -0.15) is 5.10 Å². The van der Waals surface area contributed by atoms with Crippen molar-refractivity contribution in [1.29, 1.82) is 0 Å². The number of ether oxygens (including phenoxy) is 4. The van der Waals surface area contributed by atoms with Crippen molar-refractivity contribution < 1.29 is 37.7 Å². The van der Waals surface area contributed by atoms with Crippen LogP contribution in [0.3, 0.4) is 0 Å². The highest BCUT2D eigenvalue weighted by Gasteiger charge is 2.32. The van der Waals surface area contributed by atoms with E-state index in [1.807, 2.05) is 0 Å². The van der Waals surface area contributed by atoms with Crippen molar-refractivity contribution in [2.45, 2.75) is 26.5 Å². The first-order valence-electron chi connectivity index (χ1n) is 13.3. The molecule has 4 rings (SSSR count). The van der Waals surface area contributed by atoms with Gasteiger partial charge in [-0.15, -0.1) is 0 Å². The lowest BCUT2D eigenvalue weighted by Gasteiger charge is -2.28. The Hall–Kier alpha value is -5.39. The maximum absolute atomic E-state index is 13.0. The van der Waals surface area contributed by atoms with Gasteiger partial charge in [0.15, 0.2) is 18.1 Å². The number of nitrogens with zero attached hydrogens (tertiary/aromatic N) is 1. The molecule has 11 nitrogen and oxygen atoms in total. The Bertz CT molecular complexity index is 1520. The molecule has 3 aromatic carbocycles. The van der Waals surface area contributed by atoms with Crippen molar-refractivity contribution in [2.24, 2.45) is 5.10 Å². The SMILES string of the molecule is CCOC(=O)C1=C(C)NC(=O)N[C@H]1c1ccc(OCC(=O)N/N=C\c2ccc(OCc3ccc(F)cc3)cc2)c(OC)c1. The molecule has 0 radical (unpaired) electrons. The number of methoxy groups -OCH3 is 1. The van der Waals surface area contributed by atoms with Crippen LogP contribution in [-0.2, 0) is 20.9 Å². The van der Waals surface area contributed by atoms with Gasteiger partial charge in [-0.25, -0.2) is 19.4 Å². The minimum atomic E-state index is -0.774. The standard InChI is InChI=1S/C31H31FN4O7/c1-4-41-30(38)28-19(2)34-31(39)35-29(28)22-9-14-25(26(15-22)40-3)43-18-27(37)36-33-16-20-7-12-24(13-8-20)42-17-21-5-10-23(32)11-6-21/h5-16,29H,4,17-18H2,1-3H3,(H,36,37)(H2,34,35,39)/b33-16-/t29-/m0/s1. The average Bonchev–Trinajstić information content (AvgIpc) is 3.00. The monoisotopic (exact) mass is 590 g/mol. The van der Waals surface area contributed by atoms with Gasteiger partial charge in [-0.05, 0) is 79.1 Å². The number of carbonyl (C=O) groups is 3. The van der Waals surface area contributed by atoms with Crippen molar-refractivity contribution in [3.8, 4) is 17.2 Å². The number of nitrogens with one attached hydrogen (secondary N) is 3. The molecule has 0 aromatic heterocycles. The van der Waals surface area contributed by atoms with Gasteiger partial charge in [0.25, 0.3) is 5.91 Å². The Morgan fingerprint density at radius 2 is 1.77 bits per heavy atom. The van der Waals surface area contributed by atoms with E-state index in [9.17, 15) is 18.8 Å². The van der Waals surface area contributed by atoms with E-state index < -0.39 is 23.9 Å². The largest absolute Gasteiger partial charge is 0.493 e. The first-order chi connectivity index (χ1) is 20.8. The molecule has 3 amide bonds. The molecule has 43 heavy (non-hydrogen) atoms. The number of rotatable bonds is 12.